The molecule has 92 valence electrons. The van der Waals surface area contributed by atoms with Gasteiger partial charge in [0.05, 0.1) is 22.2 Å². The van der Waals surface area contributed by atoms with Crippen molar-refractivity contribution >= 4 is 21.9 Å². The number of hydrogen-bond acceptors (Lipinski definition) is 2. The Hall–Kier alpha value is -2.10. The zero-order chi connectivity index (χ0) is 12.9. The minimum absolute atomic E-state index is 0.0925. The molecule has 0 aliphatic carbocycles. The molecule has 0 radical (unpaired) electrons. The average molecular weight is 241 g/mol. The van der Waals surface area contributed by atoms with Crippen LogP contribution in [0.15, 0.2) is 29.1 Å². The molecule has 4 nitrogen and oxygen atoms in total. The normalized spacial score (nSPS) is 11.8. The molecule has 0 unspecified atom stereocenters. The number of H-pyrrole nitrogens is 1. The number of benzene rings is 1. The summed E-state index contributed by atoms with van der Waals surface area (Å²) in [4.78, 5) is 19.5. The molecule has 0 saturated heterocycles. The summed E-state index contributed by atoms with van der Waals surface area (Å²) < 4.78 is 1.64. The molecule has 0 atom stereocenters. The third-order valence-corrected chi connectivity index (χ3v) is 3.31. The van der Waals surface area contributed by atoms with E-state index in [1.165, 1.54) is 0 Å². The largest absolute Gasteiger partial charge is 0.326 e. The van der Waals surface area contributed by atoms with Crippen molar-refractivity contribution in [2.24, 2.45) is 7.05 Å². The van der Waals surface area contributed by atoms with Crippen molar-refractivity contribution in [2.45, 2.75) is 19.8 Å². The van der Waals surface area contributed by atoms with Crippen molar-refractivity contribution in [3.63, 3.8) is 0 Å². The van der Waals surface area contributed by atoms with E-state index in [9.17, 15) is 4.79 Å². The number of para-hydroxylation sites is 1. The second-order valence-electron chi connectivity index (χ2n) is 4.88. The Kier molecular flexibility index (Phi) is 2.26. The molecule has 4 heteroatoms. The average Bonchev–Trinajstić information content (AvgIpc) is 2.65. The van der Waals surface area contributed by atoms with E-state index in [0.717, 1.165) is 27.6 Å². The van der Waals surface area contributed by atoms with Crippen LogP contribution in [0, 0.1) is 0 Å². The van der Waals surface area contributed by atoms with Crippen molar-refractivity contribution in [3.05, 3.63) is 40.4 Å². The Morgan fingerprint density at radius 3 is 2.72 bits per heavy atom. The van der Waals surface area contributed by atoms with E-state index in [-0.39, 0.29) is 11.6 Å². The molecular weight excluding hydrogens is 226 g/mol. The first-order valence-corrected chi connectivity index (χ1v) is 6.07. The molecule has 1 aromatic carbocycles. The lowest BCUT2D eigenvalue weighted by molar-refractivity contribution is 0.814. The van der Waals surface area contributed by atoms with Crippen LogP contribution in [0.25, 0.3) is 21.9 Å². The van der Waals surface area contributed by atoms with Gasteiger partial charge in [0.15, 0.2) is 0 Å². The van der Waals surface area contributed by atoms with Crippen molar-refractivity contribution in [3.8, 4) is 0 Å². The molecule has 0 aliphatic heterocycles. The van der Waals surface area contributed by atoms with Gasteiger partial charge in [0.1, 0.15) is 0 Å². The summed E-state index contributed by atoms with van der Waals surface area (Å²) in [5.74, 6) is 0.276. The van der Waals surface area contributed by atoms with E-state index in [1.807, 2.05) is 24.3 Å². The number of nitrogens with zero attached hydrogens (tertiary/aromatic N) is 2. The van der Waals surface area contributed by atoms with Crippen LogP contribution < -0.4 is 5.69 Å². The fourth-order valence-corrected chi connectivity index (χ4v) is 2.38. The van der Waals surface area contributed by atoms with Crippen LogP contribution in [0.4, 0.5) is 0 Å². The molecule has 0 bridgehead atoms. The number of aromatic nitrogens is 3. The van der Waals surface area contributed by atoms with Crippen LogP contribution >= 0.6 is 0 Å². The molecule has 0 amide bonds. The quantitative estimate of drug-likeness (QED) is 0.711. The number of fused-ring (bicyclic) bond motifs is 3. The van der Waals surface area contributed by atoms with Gasteiger partial charge in [-0.25, -0.2) is 4.79 Å². The molecule has 3 aromatic rings. The number of rotatable bonds is 1. The number of nitrogens with one attached hydrogen (secondary N) is 1. The highest BCUT2D eigenvalue weighted by molar-refractivity contribution is 6.03. The number of pyridine rings is 1. The highest BCUT2D eigenvalue weighted by Crippen LogP contribution is 2.27. The standard InChI is InChI=1S/C14H15N3O/c1-8(2)11-13-12(16-14(18)17(13)3)9-6-4-5-7-10(9)15-11/h4-8H,1-3H3,(H,16,18). The third kappa shape index (κ3) is 1.38. The second-order valence-corrected chi connectivity index (χ2v) is 4.88. The van der Waals surface area contributed by atoms with Crippen LogP contribution in [0.5, 0.6) is 0 Å². The zero-order valence-corrected chi connectivity index (χ0v) is 10.7. The van der Waals surface area contributed by atoms with Crippen molar-refractivity contribution in [2.75, 3.05) is 0 Å². The smallest absolute Gasteiger partial charge is 0.305 e. The Bertz CT molecular complexity index is 796. The van der Waals surface area contributed by atoms with Gasteiger partial charge in [-0.1, -0.05) is 32.0 Å². The number of hydrogen-bond donors (Lipinski definition) is 1. The minimum Gasteiger partial charge on any atom is -0.305 e. The van der Waals surface area contributed by atoms with E-state index in [2.05, 4.69) is 18.8 Å². The predicted octanol–water partition coefficient (Wildman–Crippen LogP) is 2.54. The van der Waals surface area contributed by atoms with Crippen molar-refractivity contribution < 1.29 is 0 Å². The summed E-state index contributed by atoms with van der Waals surface area (Å²) in [7, 11) is 1.78. The lowest BCUT2D eigenvalue weighted by atomic mass is 10.1. The maximum Gasteiger partial charge on any atom is 0.326 e. The minimum atomic E-state index is -0.0925. The van der Waals surface area contributed by atoms with E-state index < -0.39 is 0 Å². The topological polar surface area (TPSA) is 50.7 Å². The Morgan fingerprint density at radius 2 is 2.00 bits per heavy atom. The zero-order valence-electron chi connectivity index (χ0n) is 10.7. The lowest BCUT2D eigenvalue weighted by Crippen LogP contribution is -2.12. The Morgan fingerprint density at radius 1 is 1.28 bits per heavy atom. The van der Waals surface area contributed by atoms with Gasteiger partial charge in [-0.15, -0.1) is 0 Å². The number of aryl methyl sites for hydroxylation is 1. The molecule has 2 aromatic heterocycles. The molecule has 1 N–H and O–H groups in total. The first-order chi connectivity index (χ1) is 8.59. The first kappa shape index (κ1) is 11.0. The van der Waals surface area contributed by atoms with Gasteiger partial charge < -0.3 is 4.98 Å². The van der Waals surface area contributed by atoms with E-state index in [1.54, 1.807) is 11.6 Å². The van der Waals surface area contributed by atoms with Gasteiger partial charge in [-0.2, -0.15) is 0 Å². The SMILES string of the molecule is CC(C)c1nc2ccccc2c2[nH]c(=O)n(C)c12. The molecule has 0 fully saturated rings. The van der Waals surface area contributed by atoms with Crippen LogP contribution in [0.1, 0.15) is 25.5 Å². The van der Waals surface area contributed by atoms with E-state index in [0.29, 0.717) is 0 Å². The number of aromatic amines is 1. The van der Waals surface area contributed by atoms with Crippen LogP contribution in [-0.4, -0.2) is 14.5 Å². The van der Waals surface area contributed by atoms with Gasteiger partial charge in [0, 0.05) is 12.4 Å². The molecular formula is C14H15N3O. The van der Waals surface area contributed by atoms with Crippen molar-refractivity contribution in [1.82, 2.24) is 14.5 Å². The van der Waals surface area contributed by atoms with E-state index in [4.69, 9.17) is 4.98 Å². The first-order valence-electron chi connectivity index (χ1n) is 6.07. The fraction of sp³-hybridized carbons (Fsp3) is 0.286. The van der Waals surface area contributed by atoms with Crippen LogP contribution in [0.3, 0.4) is 0 Å². The lowest BCUT2D eigenvalue weighted by Gasteiger charge is -2.09. The second kappa shape index (κ2) is 3.70. The van der Waals surface area contributed by atoms with Gasteiger partial charge in [-0.3, -0.25) is 9.55 Å². The monoisotopic (exact) mass is 241 g/mol. The molecule has 0 aliphatic rings. The fourth-order valence-electron chi connectivity index (χ4n) is 2.38. The summed E-state index contributed by atoms with van der Waals surface area (Å²) in [6, 6.07) is 7.90. The van der Waals surface area contributed by atoms with Gasteiger partial charge in [-0.05, 0) is 12.0 Å². The molecule has 0 saturated carbocycles. The van der Waals surface area contributed by atoms with Gasteiger partial charge >= 0.3 is 5.69 Å². The summed E-state index contributed by atoms with van der Waals surface area (Å²) >= 11 is 0. The Labute approximate surface area is 104 Å². The summed E-state index contributed by atoms with van der Waals surface area (Å²) in [5, 5.41) is 0.995. The van der Waals surface area contributed by atoms with Crippen molar-refractivity contribution in [1.29, 1.82) is 0 Å². The van der Waals surface area contributed by atoms with Gasteiger partial charge in [0.25, 0.3) is 0 Å². The molecule has 2 heterocycles. The number of imidazole rings is 1. The highest BCUT2D eigenvalue weighted by atomic mass is 16.1. The van der Waals surface area contributed by atoms with Crippen LogP contribution in [0.2, 0.25) is 0 Å². The van der Waals surface area contributed by atoms with Gasteiger partial charge in [0.2, 0.25) is 0 Å². The predicted molar refractivity (Wildman–Crippen MR) is 72.9 cm³/mol. The Balaban J connectivity index is 2.63. The highest BCUT2D eigenvalue weighted by Gasteiger charge is 2.15. The molecule has 3 rings (SSSR count). The van der Waals surface area contributed by atoms with E-state index >= 15 is 0 Å². The third-order valence-electron chi connectivity index (χ3n) is 3.31. The maximum absolute atomic E-state index is 11.8. The molecule has 18 heavy (non-hydrogen) atoms. The van der Waals surface area contributed by atoms with Crippen LogP contribution in [-0.2, 0) is 7.05 Å². The summed E-state index contributed by atoms with van der Waals surface area (Å²) in [6.45, 7) is 4.18. The maximum atomic E-state index is 11.8. The summed E-state index contributed by atoms with van der Waals surface area (Å²) in [6.07, 6.45) is 0. The molecule has 0 spiro atoms. The summed E-state index contributed by atoms with van der Waals surface area (Å²) in [5.41, 5.74) is 3.59.